The van der Waals surface area contributed by atoms with E-state index in [0.29, 0.717) is 18.5 Å². The molecule has 134 valence electrons. The third-order valence-corrected chi connectivity index (χ3v) is 4.78. The number of carbonyl (C=O) groups excluding carboxylic acids is 1. The summed E-state index contributed by atoms with van der Waals surface area (Å²) in [5.74, 6) is -0.104. The summed E-state index contributed by atoms with van der Waals surface area (Å²) in [6.07, 6.45) is 4.95. The first-order valence-electron chi connectivity index (χ1n) is 8.87. The molecule has 2 atom stereocenters. The molecular formula is C20H23N5O. The first kappa shape index (κ1) is 17.9. The minimum absolute atomic E-state index is 0.0616. The number of nitrogens with zero attached hydrogens (tertiary/aromatic N) is 3. The summed E-state index contributed by atoms with van der Waals surface area (Å²) >= 11 is 0. The van der Waals surface area contributed by atoms with Crippen molar-refractivity contribution in [3.8, 4) is 17.2 Å². The quantitative estimate of drug-likeness (QED) is 0.861. The molecular weight excluding hydrogens is 326 g/mol. The average molecular weight is 349 g/mol. The van der Waals surface area contributed by atoms with E-state index in [9.17, 15) is 10.1 Å². The number of benzene rings is 1. The lowest BCUT2D eigenvalue weighted by Crippen LogP contribution is -2.46. The summed E-state index contributed by atoms with van der Waals surface area (Å²) in [5, 5.41) is 12.6. The molecule has 26 heavy (non-hydrogen) atoms. The van der Waals surface area contributed by atoms with Crippen LogP contribution in [0.3, 0.4) is 0 Å². The molecule has 2 heterocycles. The van der Waals surface area contributed by atoms with Crippen LogP contribution in [-0.2, 0) is 4.79 Å². The fourth-order valence-corrected chi connectivity index (χ4v) is 3.22. The van der Waals surface area contributed by atoms with Gasteiger partial charge in [-0.1, -0.05) is 13.0 Å². The first-order chi connectivity index (χ1) is 12.6. The van der Waals surface area contributed by atoms with Gasteiger partial charge in [-0.25, -0.2) is 0 Å². The summed E-state index contributed by atoms with van der Waals surface area (Å²) < 4.78 is 0. The number of amides is 1. The van der Waals surface area contributed by atoms with Gasteiger partial charge >= 0.3 is 0 Å². The molecule has 0 bridgehead atoms. The van der Waals surface area contributed by atoms with Gasteiger partial charge in [-0.3, -0.25) is 9.78 Å². The molecule has 0 radical (unpaired) electrons. The zero-order valence-corrected chi connectivity index (χ0v) is 14.9. The van der Waals surface area contributed by atoms with E-state index in [2.05, 4.69) is 21.3 Å². The molecule has 0 spiro atoms. The number of nitrogens with two attached hydrogens (primary N) is 1. The van der Waals surface area contributed by atoms with Crippen molar-refractivity contribution in [2.24, 2.45) is 5.73 Å². The van der Waals surface area contributed by atoms with E-state index < -0.39 is 6.04 Å². The highest BCUT2D eigenvalue weighted by Gasteiger charge is 2.26. The number of rotatable bonds is 5. The summed E-state index contributed by atoms with van der Waals surface area (Å²) in [5.41, 5.74) is 9.35. The molecule has 3 rings (SSSR count). The van der Waals surface area contributed by atoms with Crippen LogP contribution < -0.4 is 16.0 Å². The predicted octanol–water partition coefficient (Wildman–Crippen LogP) is 2.05. The molecule has 1 aliphatic heterocycles. The Hall–Kier alpha value is -2.91. The first-order valence-corrected chi connectivity index (χ1v) is 8.87. The Bertz CT molecular complexity index is 815. The fourth-order valence-electron chi connectivity index (χ4n) is 3.22. The van der Waals surface area contributed by atoms with Gasteiger partial charge in [0.15, 0.2) is 0 Å². The molecule has 1 saturated heterocycles. The van der Waals surface area contributed by atoms with Gasteiger partial charge in [-0.2, -0.15) is 5.26 Å². The van der Waals surface area contributed by atoms with E-state index in [1.807, 2.05) is 37.3 Å². The molecule has 6 heteroatoms. The normalized spacial score (nSPS) is 17.6. The Balaban J connectivity index is 1.74. The lowest BCUT2D eigenvalue weighted by Gasteiger charge is -2.21. The van der Waals surface area contributed by atoms with Crippen molar-refractivity contribution < 1.29 is 4.79 Å². The molecule has 2 unspecified atom stereocenters. The Labute approximate surface area is 153 Å². The molecule has 2 aromatic rings. The Kier molecular flexibility index (Phi) is 5.49. The Morgan fingerprint density at radius 1 is 1.38 bits per heavy atom. The number of anilines is 1. The number of nitriles is 1. The van der Waals surface area contributed by atoms with Crippen LogP contribution in [0.5, 0.6) is 0 Å². The van der Waals surface area contributed by atoms with Gasteiger partial charge in [-0.15, -0.1) is 0 Å². The second-order valence-corrected chi connectivity index (χ2v) is 6.53. The van der Waals surface area contributed by atoms with Crippen molar-refractivity contribution in [1.29, 1.82) is 5.26 Å². The number of carbonyl (C=O) groups is 1. The largest absolute Gasteiger partial charge is 0.368 e. The van der Waals surface area contributed by atoms with Gasteiger partial charge in [0, 0.05) is 31.5 Å². The van der Waals surface area contributed by atoms with Gasteiger partial charge in [0.1, 0.15) is 6.07 Å². The van der Waals surface area contributed by atoms with Gasteiger partial charge in [0.05, 0.1) is 17.3 Å². The van der Waals surface area contributed by atoms with Gasteiger partial charge in [0.25, 0.3) is 0 Å². The summed E-state index contributed by atoms with van der Waals surface area (Å²) in [6.45, 7) is 3.38. The van der Waals surface area contributed by atoms with Crippen LogP contribution in [0.1, 0.15) is 25.3 Å². The fraction of sp³-hybridized carbons (Fsp3) is 0.350. The summed E-state index contributed by atoms with van der Waals surface area (Å²) in [4.78, 5) is 18.2. The Morgan fingerprint density at radius 3 is 2.85 bits per heavy atom. The summed E-state index contributed by atoms with van der Waals surface area (Å²) in [6, 6.07) is 11.7. The maximum atomic E-state index is 12.0. The SMILES string of the molecule is CCC(N)C(=O)NC1CCN(c2ccc(-c3ccncc3)cc2C#N)C1. The highest BCUT2D eigenvalue weighted by atomic mass is 16.2. The monoisotopic (exact) mass is 349 g/mol. The number of hydrogen-bond acceptors (Lipinski definition) is 5. The highest BCUT2D eigenvalue weighted by Crippen LogP contribution is 2.29. The standard InChI is InChI=1S/C20H23N5O/c1-2-18(22)20(26)24-17-7-10-25(13-17)19-4-3-15(11-16(19)12-21)14-5-8-23-9-6-14/h3-6,8-9,11,17-18H,2,7,10,13,22H2,1H3,(H,24,26). The van der Waals surface area contributed by atoms with Crippen LogP contribution >= 0.6 is 0 Å². The van der Waals surface area contributed by atoms with Crippen LogP contribution in [0.15, 0.2) is 42.7 Å². The van der Waals surface area contributed by atoms with E-state index in [1.165, 1.54) is 0 Å². The van der Waals surface area contributed by atoms with Crippen LogP contribution in [0, 0.1) is 11.3 Å². The molecule has 1 fully saturated rings. The van der Waals surface area contributed by atoms with Gasteiger partial charge in [-0.05, 0) is 48.2 Å². The lowest BCUT2D eigenvalue weighted by molar-refractivity contribution is -0.123. The van der Waals surface area contributed by atoms with Crippen molar-refractivity contribution in [2.45, 2.75) is 31.8 Å². The molecule has 3 N–H and O–H groups in total. The zero-order valence-electron chi connectivity index (χ0n) is 14.9. The maximum absolute atomic E-state index is 12.0. The number of hydrogen-bond donors (Lipinski definition) is 2. The molecule has 6 nitrogen and oxygen atoms in total. The number of nitrogens with one attached hydrogen (secondary N) is 1. The van der Waals surface area contributed by atoms with Gasteiger partial charge in [0.2, 0.25) is 5.91 Å². The lowest BCUT2D eigenvalue weighted by atomic mass is 10.0. The molecule has 1 aliphatic rings. The van der Waals surface area contributed by atoms with Crippen molar-refractivity contribution in [3.05, 3.63) is 48.3 Å². The van der Waals surface area contributed by atoms with Crippen molar-refractivity contribution in [1.82, 2.24) is 10.3 Å². The van der Waals surface area contributed by atoms with Crippen LogP contribution in [0.25, 0.3) is 11.1 Å². The maximum Gasteiger partial charge on any atom is 0.237 e. The Morgan fingerprint density at radius 2 is 2.15 bits per heavy atom. The second kappa shape index (κ2) is 7.98. The molecule has 0 aliphatic carbocycles. The minimum atomic E-state index is -0.460. The molecule has 1 aromatic carbocycles. The van der Waals surface area contributed by atoms with Gasteiger partial charge < -0.3 is 16.0 Å². The highest BCUT2D eigenvalue weighted by molar-refractivity contribution is 5.82. The topological polar surface area (TPSA) is 95.0 Å². The van der Waals surface area contributed by atoms with Crippen LogP contribution in [0.4, 0.5) is 5.69 Å². The molecule has 1 aromatic heterocycles. The number of aromatic nitrogens is 1. The van der Waals surface area contributed by atoms with E-state index in [-0.39, 0.29) is 11.9 Å². The van der Waals surface area contributed by atoms with Crippen molar-refractivity contribution in [3.63, 3.8) is 0 Å². The molecule has 1 amide bonds. The van der Waals surface area contributed by atoms with E-state index in [0.717, 1.165) is 29.8 Å². The van der Waals surface area contributed by atoms with E-state index in [4.69, 9.17) is 5.73 Å². The van der Waals surface area contributed by atoms with Crippen LogP contribution in [0.2, 0.25) is 0 Å². The average Bonchev–Trinajstić information content (AvgIpc) is 3.15. The third kappa shape index (κ3) is 3.84. The number of pyridine rings is 1. The van der Waals surface area contributed by atoms with Crippen molar-refractivity contribution >= 4 is 11.6 Å². The van der Waals surface area contributed by atoms with E-state index in [1.54, 1.807) is 12.4 Å². The molecule has 0 saturated carbocycles. The predicted molar refractivity (Wildman–Crippen MR) is 101 cm³/mol. The zero-order chi connectivity index (χ0) is 18.5. The smallest absolute Gasteiger partial charge is 0.237 e. The summed E-state index contributed by atoms with van der Waals surface area (Å²) in [7, 11) is 0. The third-order valence-electron chi connectivity index (χ3n) is 4.78. The minimum Gasteiger partial charge on any atom is -0.368 e. The second-order valence-electron chi connectivity index (χ2n) is 6.53. The van der Waals surface area contributed by atoms with Crippen LogP contribution in [-0.4, -0.2) is 36.1 Å². The van der Waals surface area contributed by atoms with E-state index >= 15 is 0 Å². The van der Waals surface area contributed by atoms with Crippen molar-refractivity contribution in [2.75, 3.05) is 18.0 Å².